The Bertz CT molecular complexity index is 1440. The maximum Gasteiger partial charge on any atom is 0.229 e. The predicted octanol–water partition coefficient (Wildman–Crippen LogP) is -1.62. The molecule has 9 N–H and O–H groups in total. The first-order chi connectivity index (χ1) is 20.0. The number of phenolic OH excluding ortho intramolecular Hbond substituents is 1. The van der Waals surface area contributed by atoms with E-state index in [1.807, 2.05) is 0 Å². The first-order valence-electron chi connectivity index (χ1n) is 13.1. The van der Waals surface area contributed by atoms with E-state index in [0.29, 0.717) is 11.3 Å². The lowest BCUT2D eigenvalue weighted by Gasteiger charge is -2.45. The highest BCUT2D eigenvalue weighted by Gasteiger charge is 2.50. The number of phenols is 1. The molecule has 2 saturated heterocycles. The molecular weight excluding hydrogens is 576 g/mol. The summed E-state index contributed by atoms with van der Waals surface area (Å²) >= 11 is 0. The molecule has 0 amide bonds. The molecule has 3 heterocycles. The van der Waals surface area contributed by atoms with Gasteiger partial charge in [0.05, 0.1) is 19.8 Å². The van der Waals surface area contributed by atoms with Crippen LogP contribution in [0.25, 0.3) is 22.3 Å². The molecule has 5 rings (SSSR count). The van der Waals surface area contributed by atoms with Crippen molar-refractivity contribution in [3.8, 4) is 28.6 Å². The van der Waals surface area contributed by atoms with Crippen molar-refractivity contribution < 1.29 is 69.3 Å². The molecule has 2 aromatic carbocycles. The smallest absolute Gasteiger partial charge is 0.229 e. The van der Waals surface area contributed by atoms with Gasteiger partial charge >= 0.3 is 0 Å². The van der Waals surface area contributed by atoms with Crippen molar-refractivity contribution in [3.63, 3.8) is 0 Å². The lowest BCUT2D eigenvalue weighted by molar-refractivity contribution is -0.354. The van der Waals surface area contributed by atoms with Crippen molar-refractivity contribution in [1.29, 1.82) is 0 Å². The van der Waals surface area contributed by atoms with Crippen LogP contribution in [0.3, 0.4) is 0 Å². The van der Waals surface area contributed by atoms with Crippen molar-refractivity contribution in [2.24, 2.45) is 0 Å². The van der Waals surface area contributed by atoms with E-state index < -0.39 is 79.2 Å². The lowest BCUT2D eigenvalue weighted by Crippen LogP contribution is -2.64. The fraction of sp³-hybridized carbons (Fsp3) is 0.464. The van der Waals surface area contributed by atoms with Crippen molar-refractivity contribution in [1.82, 2.24) is 0 Å². The van der Waals surface area contributed by atoms with Crippen molar-refractivity contribution >= 4 is 11.0 Å². The van der Waals surface area contributed by atoms with Crippen LogP contribution in [-0.2, 0) is 14.2 Å². The van der Waals surface area contributed by atoms with E-state index in [0.717, 1.165) is 6.07 Å². The summed E-state index contributed by atoms with van der Waals surface area (Å²) in [4.78, 5) is 12.9. The van der Waals surface area contributed by atoms with Gasteiger partial charge in [0.15, 0.2) is 17.8 Å². The number of aliphatic hydroxyl groups excluding tert-OH is 6. The Morgan fingerprint density at radius 2 is 1.53 bits per heavy atom. The maximum absolute atomic E-state index is 12.9. The zero-order valence-electron chi connectivity index (χ0n) is 23.0. The number of benzene rings is 2. The molecule has 4 unspecified atom stereocenters. The molecule has 15 heteroatoms. The number of rotatable bonds is 7. The molecule has 2 aliphatic heterocycles. The van der Waals surface area contributed by atoms with E-state index >= 15 is 0 Å². The fourth-order valence-corrected chi connectivity index (χ4v) is 4.92. The molecule has 2 aliphatic rings. The van der Waals surface area contributed by atoms with E-state index in [-0.39, 0.29) is 28.0 Å². The second-order valence-electron chi connectivity index (χ2n) is 10.1. The standard InChI is InChI=1S/C28H32O14.H2O/c1-11-21(32)23(34)25(36)27(38-11)42-26-24(35)22(33)19(10-29)41-28(26)39-14-7-15(30)20-16(31)9-17(40-18(20)8-14)12-3-5-13(37-2)6-4-12;/h3-9,11,19,21-30,32-36H,10H2,1-2H3;1H2/t11?,19?,21-,22+,23-,24+,25?,26?,27-,28+;/m0./s1. The van der Waals surface area contributed by atoms with E-state index in [1.54, 1.807) is 24.3 Å². The Hall–Kier alpha value is -3.35. The fourth-order valence-electron chi connectivity index (χ4n) is 4.92. The summed E-state index contributed by atoms with van der Waals surface area (Å²) in [5.41, 5.74) is -0.0218. The van der Waals surface area contributed by atoms with Gasteiger partial charge in [-0.2, -0.15) is 0 Å². The Balaban J connectivity index is 0.00000423. The number of aromatic hydroxyl groups is 1. The van der Waals surface area contributed by atoms with Gasteiger partial charge in [0, 0.05) is 23.8 Å². The van der Waals surface area contributed by atoms with Crippen LogP contribution in [0.4, 0.5) is 0 Å². The van der Waals surface area contributed by atoms with E-state index in [4.69, 9.17) is 28.1 Å². The maximum atomic E-state index is 12.9. The van der Waals surface area contributed by atoms with Gasteiger partial charge in [-0.15, -0.1) is 0 Å². The molecule has 0 radical (unpaired) electrons. The largest absolute Gasteiger partial charge is 0.507 e. The van der Waals surface area contributed by atoms with E-state index in [2.05, 4.69) is 0 Å². The molecule has 1 aromatic heterocycles. The van der Waals surface area contributed by atoms with E-state index in [1.165, 1.54) is 26.2 Å². The van der Waals surface area contributed by atoms with Gasteiger partial charge in [0.2, 0.25) is 6.29 Å². The first-order valence-corrected chi connectivity index (χ1v) is 13.1. The molecule has 3 aromatic rings. The minimum absolute atomic E-state index is 0. The number of methoxy groups -OCH3 is 1. The minimum atomic E-state index is -1.75. The third-order valence-corrected chi connectivity index (χ3v) is 7.33. The van der Waals surface area contributed by atoms with Gasteiger partial charge in [-0.05, 0) is 31.2 Å². The molecule has 43 heavy (non-hydrogen) atoms. The summed E-state index contributed by atoms with van der Waals surface area (Å²) < 4.78 is 33.7. The third kappa shape index (κ3) is 6.32. The van der Waals surface area contributed by atoms with Crippen molar-refractivity contribution in [2.45, 2.75) is 68.3 Å². The molecule has 0 aliphatic carbocycles. The highest BCUT2D eigenvalue weighted by atomic mass is 16.8. The molecule has 10 atom stereocenters. The first kappa shape index (κ1) is 32.6. The van der Waals surface area contributed by atoms with Crippen LogP contribution in [0, 0.1) is 0 Å². The molecule has 0 saturated carbocycles. The molecule has 236 valence electrons. The number of fused-ring (bicyclic) bond motifs is 1. The molecule has 0 spiro atoms. The number of ether oxygens (including phenoxy) is 5. The quantitative estimate of drug-likeness (QED) is 0.159. The average molecular weight is 611 g/mol. The van der Waals surface area contributed by atoms with Crippen LogP contribution in [-0.4, -0.2) is 116 Å². The second kappa shape index (κ2) is 13.1. The summed E-state index contributed by atoms with van der Waals surface area (Å²) in [6.45, 7) is 0.721. The van der Waals surface area contributed by atoms with Crippen LogP contribution in [0.5, 0.6) is 17.2 Å². The van der Waals surface area contributed by atoms with Gasteiger partial charge in [-0.25, -0.2) is 0 Å². The van der Waals surface area contributed by atoms with Gasteiger partial charge in [-0.3, -0.25) is 4.79 Å². The zero-order valence-corrected chi connectivity index (χ0v) is 23.0. The van der Waals surface area contributed by atoms with Gasteiger partial charge in [0.25, 0.3) is 0 Å². The van der Waals surface area contributed by atoms with Crippen LogP contribution in [0.1, 0.15) is 6.92 Å². The number of hydrogen-bond acceptors (Lipinski definition) is 14. The third-order valence-electron chi connectivity index (χ3n) is 7.33. The average Bonchev–Trinajstić information content (AvgIpc) is 2.97. The van der Waals surface area contributed by atoms with Gasteiger partial charge in [0.1, 0.15) is 70.6 Å². The molecule has 15 nitrogen and oxygen atoms in total. The number of aliphatic hydroxyl groups is 6. The highest BCUT2D eigenvalue weighted by Crippen LogP contribution is 2.35. The van der Waals surface area contributed by atoms with Crippen LogP contribution in [0.2, 0.25) is 0 Å². The number of hydrogen-bond donors (Lipinski definition) is 7. The topological polar surface area (TPSA) is 249 Å². The summed E-state index contributed by atoms with van der Waals surface area (Å²) in [6, 6.07) is 10.4. The Morgan fingerprint density at radius 3 is 2.19 bits per heavy atom. The monoisotopic (exact) mass is 610 g/mol. The summed E-state index contributed by atoms with van der Waals surface area (Å²) in [7, 11) is 1.52. The van der Waals surface area contributed by atoms with Gasteiger partial charge in [-0.1, -0.05) is 0 Å². The Kier molecular flexibility index (Phi) is 9.93. The van der Waals surface area contributed by atoms with Crippen LogP contribution >= 0.6 is 0 Å². The van der Waals surface area contributed by atoms with Gasteiger partial charge < -0.3 is 69.3 Å². The summed E-state index contributed by atoms with van der Waals surface area (Å²) in [5, 5.41) is 72.1. The molecule has 2 fully saturated rings. The second-order valence-corrected chi connectivity index (χ2v) is 10.1. The Morgan fingerprint density at radius 1 is 0.837 bits per heavy atom. The lowest BCUT2D eigenvalue weighted by atomic mass is 9.97. The van der Waals surface area contributed by atoms with E-state index in [9.17, 15) is 40.5 Å². The SMILES string of the molecule is COc1ccc(-c2cc(=O)c3c(O)cc(O[C@@H]4OC(CO)[C@@H](O)[C@@H](O)C4O[C@@H]4OC(C)[C@H](O)[C@H](O)C4O)cc3o2)cc1.O. The summed E-state index contributed by atoms with van der Waals surface area (Å²) in [5.74, 6) is 0.197. The summed E-state index contributed by atoms with van der Waals surface area (Å²) in [6.07, 6.45) is -15.2. The van der Waals surface area contributed by atoms with Crippen LogP contribution < -0.4 is 14.9 Å². The molecular formula is C28H34O15. The zero-order chi connectivity index (χ0) is 30.3. The van der Waals surface area contributed by atoms with Crippen LogP contribution in [0.15, 0.2) is 51.7 Å². The molecule has 0 bridgehead atoms. The Labute approximate surface area is 243 Å². The van der Waals surface area contributed by atoms with Crippen molar-refractivity contribution in [2.75, 3.05) is 13.7 Å². The predicted molar refractivity (Wildman–Crippen MR) is 145 cm³/mol. The minimum Gasteiger partial charge on any atom is -0.507 e. The highest BCUT2D eigenvalue weighted by molar-refractivity contribution is 5.86. The van der Waals surface area contributed by atoms with Crippen molar-refractivity contribution in [3.05, 3.63) is 52.7 Å². The normalized spacial score (nSPS) is 32.7.